The maximum Gasteiger partial charge on any atom is 0.143 e. The first-order valence-corrected chi connectivity index (χ1v) is 11.3. The molecule has 0 saturated carbocycles. The predicted molar refractivity (Wildman–Crippen MR) is 128 cm³/mol. The third-order valence-corrected chi connectivity index (χ3v) is 6.28. The monoisotopic (exact) mass is 440 g/mol. The van der Waals surface area contributed by atoms with Gasteiger partial charge in [-0.15, -0.1) is 5.10 Å². The molecule has 0 amide bonds. The molecule has 1 aliphatic heterocycles. The fourth-order valence-electron chi connectivity index (χ4n) is 4.74. The summed E-state index contributed by atoms with van der Waals surface area (Å²) in [5, 5.41) is 15.3. The molecule has 0 radical (unpaired) electrons. The molecule has 1 aromatic heterocycles. The molecule has 0 aliphatic carbocycles. The number of hydrogen-bond acceptors (Lipinski definition) is 6. The Labute approximate surface area is 194 Å². The molecule has 33 heavy (non-hydrogen) atoms. The van der Waals surface area contributed by atoms with Crippen LogP contribution >= 0.6 is 0 Å². The normalized spacial score (nSPS) is 16.7. The Bertz CT molecular complexity index is 1110. The lowest BCUT2D eigenvalue weighted by atomic mass is 9.84. The third kappa shape index (κ3) is 4.79. The van der Waals surface area contributed by atoms with E-state index < -0.39 is 0 Å². The standard InChI is InChI=1S/C26H28N6O/c1-33-25-13-12-23(32-19-28-29-30-32)16-22(25)17-31-15-14-27-24(18-31)26(20-8-4-2-5-9-20)21-10-6-3-7-11-21/h2-13,16,19,24,26-27H,14-15,17-18H2,1H3. The number of piperazine rings is 1. The lowest BCUT2D eigenvalue weighted by molar-refractivity contribution is 0.182. The Morgan fingerprint density at radius 3 is 2.36 bits per heavy atom. The van der Waals surface area contributed by atoms with Crippen molar-refractivity contribution in [3.63, 3.8) is 0 Å². The van der Waals surface area contributed by atoms with Crippen molar-refractivity contribution in [1.29, 1.82) is 0 Å². The average Bonchev–Trinajstić information content (AvgIpc) is 3.41. The summed E-state index contributed by atoms with van der Waals surface area (Å²) in [7, 11) is 1.72. The van der Waals surface area contributed by atoms with Crippen LogP contribution < -0.4 is 10.1 Å². The van der Waals surface area contributed by atoms with E-state index in [0.717, 1.165) is 43.2 Å². The van der Waals surface area contributed by atoms with Gasteiger partial charge in [0.1, 0.15) is 12.1 Å². The molecule has 168 valence electrons. The molecule has 1 N–H and O–H groups in total. The van der Waals surface area contributed by atoms with Gasteiger partial charge in [-0.1, -0.05) is 60.7 Å². The molecule has 1 saturated heterocycles. The molecule has 3 aromatic carbocycles. The fraction of sp³-hybridized carbons (Fsp3) is 0.269. The molecule has 1 aliphatic rings. The zero-order valence-electron chi connectivity index (χ0n) is 18.7. The van der Waals surface area contributed by atoms with Crippen LogP contribution in [-0.2, 0) is 6.54 Å². The van der Waals surface area contributed by atoms with Crippen molar-refractivity contribution < 1.29 is 4.74 Å². The van der Waals surface area contributed by atoms with Crippen molar-refractivity contribution in [2.24, 2.45) is 0 Å². The van der Waals surface area contributed by atoms with Crippen molar-refractivity contribution in [2.75, 3.05) is 26.7 Å². The second-order valence-corrected chi connectivity index (χ2v) is 8.35. The second-order valence-electron chi connectivity index (χ2n) is 8.35. The number of hydrogen-bond donors (Lipinski definition) is 1. The number of nitrogens with zero attached hydrogens (tertiary/aromatic N) is 5. The van der Waals surface area contributed by atoms with Crippen LogP contribution in [-0.4, -0.2) is 57.9 Å². The van der Waals surface area contributed by atoms with Crippen LogP contribution in [0.15, 0.2) is 85.2 Å². The van der Waals surface area contributed by atoms with E-state index in [9.17, 15) is 0 Å². The first-order chi connectivity index (χ1) is 16.3. The maximum absolute atomic E-state index is 5.67. The van der Waals surface area contributed by atoms with Gasteiger partial charge in [-0.3, -0.25) is 4.90 Å². The van der Waals surface area contributed by atoms with Gasteiger partial charge in [0, 0.05) is 43.7 Å². The minimum absolute atomic E-state index is 0.282. The lowest BCUT2D eigenvalue weighted by Crippen LogP contribution is -2.52. The number of rotatable bonds is 7. The molecule has 4 aromatic rings. The Balaban J connectivity index is 1.40. The SMILES string of the molecule is COc1ccc(-n2cnnn2)cc1CN1CCNC(C(c2ccccc2)c2ccccc2)C1. The highest BCUT2D eigenvalue weighted by atomic mass is 16.5. The van der Waals surface area contributed by atoms with Gasteiger partial charge in [0.05, 0.1) is 12.8 Å². The van der Waals surface area contributed by atoms with Crippen molar-refractivity contribution in [2.45, 2.75) is 18.5 Å². The van der Waals surface area contributed by atoms with Gasteiger partial charge in [-0.2, -0.15) is 0 Å². The summed E-state index contributed by atoms with van der Waals surface area (Å²) < 4.78 is 7.34. The fourth-order valence-corrected chi connectivity index (χ4v) is 4.74. The van der Waals surface area contributed by atoms with Crippen LogP contribution in [0.4, 0.5) is 0 Å². The predicted octanol–water partition coefficient (Wildman–Crippen LogP) is 3.28. The van der Waals surface area contributed by atoms with Gasteiger partial charge in [-0.05, 0) is 39.8 Å². The molecule has 0 spiro atoms. The lowest BCUT2D eigenvalue weighted by Gasteiger charge is -2.38. The molecule has 1 atom stereocenters. The first kappa shape index (κ1) is 21.3. The summed E-state index contributed by atoms with van der Waals surface area (Å²) in [6.45, 7) is 3.65. The number of nitrogens with one attached hydrogen (secondary N) is 1. The summed E-state index contributed by atoms with van der Waals surface area (Å²) in [4.78, 5) is 2.50. The minimum Gasteiger partial charge on any atom is -0.496 e. The van der Waals surface area contributed by atoms with E-state index in [2.05, 4.69) is 92.5 Å². The maximum atomic E-state index is 5.67. The Hall–Kier alpha value is -3.55. The molecule has 1 fully saturated rings. The van der Waals surface area contributed by atoms with Crippen LogP contribution in [0.25, 0.3) is 5.69 Å². The number of aromatic nitrogens is 4. The van der Waals surface area contributed by atoms with Crippen LogP contribution in [0.3, 0.4) is 0 Å². The minimum atomic E-state index is 0.282. The second kappa shape index (κ2) is 9.94. The van der Waals surface area contributed by atoms with E-state index in [1.54, 1.807) is 18.1 Å². The first-order valence-electron chi connectivity index (χ1n) is 11.3. The molecule has 2 heterocycles. The van der Waals surface area contributed by atoms with Crippen molar-refractivity contribution in [1.82, 2.24) is 30.4 Å². The Morgan fingerprint density at radius 1 is 1.00 bits per heavy atom. The van der Waals surface area contributed by atoms with Gasteiger partial charge in [-0.25, -0.2) is 4.68 Å². The van der Waals surface area contributed by atoms with Gasteiger partial charge < -0.3 is 10.1 Å². The van der Waals surface area contributed by atoms with E-state index in [1.807, 2.05) is 12.1 Å². The van der Waals surface area contributed by atoms with Crippen LogP contribution in [0.1, 0.15) is 22.6 Å². The summed E-state index contributed by atoms with van der Waals surface area (Å²) >= 11 is 0. The molecule has 7 nitrogen and oxygen atoms in total. The van der Waals surface area contributed by atoms with Crippen molar-refractivity contribution in [3.8, 4) is 11.4 Å². The number of methoxy groups -OCH3 is 1. The zero-order valence-corrected chi connectivity index (χ0v) is 18.7. The number of ether oxygens (including phenoxy) is 1. The molecule has 1 unspecified atom stereocenters. The molecular formula is C26H28N6O. The Morgan fingerprint density at radius 2 is 1.73 bits per heavy atom. The van der Waals surface area contributed by atoms with Crippen LogP contribution in [0.2, 0.25) is 0 Å². The van der Waals surface area contributed by atoms with Crippen LogP contribution in [0, 0.1) is 0 Å². The molecule has 5 rings (SSSR count). The quantitative estimate of drug-likeness (QED) is 0.476. The topological polar surface area (TPSA) is 68.1 Å². The van der Waals surface area contributed by atoms with Crippen molar-refractivity contribution in [3.05, 3.63) is 102 Å². The summed E-state index contributed by atoms with van der Waals surface area (Å²) in [6.07, 6.45) is 1.61. The van der Waals surface area contributed by atoms with Gasteiger partial charge in [0.25, 0.3) is 0 Å². The van der Waals surface area contributed by atoms with Crippen LogP contribution in [0.5, 0.6) is 5.75 Å². The Kier molecular flexibility index (Phi) is 6.41. The number of tetrazole rings is 1. The molecule has 7 heteroatoms. The molecule has 0 bridgehead atoms. The third-order valence-electron chi connectivity index (χ3n) is 6.28. The van der Waals surface area contributed by atoms with Gasteiger partial charge in [0.2, 0.25) is 0 Å². The van der Waals surface area contributed by atoms with E-state index in [4.69, 9.17) is 4.74 Å². The summed E-state index contributed by atoms with van der Waals surface area (Å²) in [5.41, 5.74) is 4.72. The van der Waals surface area contributed by atoms with Gasteiger partial charge in [0.15, 0.2) is 0 Å². The van der Waals surface area contributed by atoms with E-state index in [-0.39, 0.29) is 5.92 Å². The highest BCUT2D eigenvalue weighted by Crippen LogP contribution is 2.30. The summed E-state index contributed by atoms with van der Waals surface area (Å²) in [5.74, 6) is 1.16. The molecular weight excluding hydrogens is 412 g/mol. The largest absolute Gasteiger partial charge is 0.496 e. The smallest absolute Gasteiger partial charge is 0.143 e. The van der Waals surface area contributed by atoms with E-state index >= 15 is 0 Å². The van der Waals surface area contributed by atoms with Crippen molar-refractivity contribution >= 4 is 0 Å². The van der Waals surface area contributed by atoms with E-state index in [0.29, 0.717) is 6.04 Å². The summed E-state index contributed by atoms with van der Waals surface area (Å²) in [6, 6.07) is 28.0. The number of benzene rings is 3. The average molecular weight is 441 g/mol. The van der Waals surface area contributed by atoms with Gasteiger partial charge >= 0.3 is 0 Å². The highest BCUT2D eigenvalue weighted by molar-refractivity contribution is 5.44. The highest BCUT2D eigenvalue weighted by Gasteiger charge is 2.29. The zero-order chi connectivity index (χ0) is 22.5. The van der Waals surface area contributed by atoms with E-state index in [1.165, 1.54) is 11.1 Å².